The third kappa shape index (κ3) is 4.01. The summed E-state index contributed by atoms with van der Waals surface area (Å²) in [5, 5.41) is 17.5. The average molecular weight is 330 g/mol. The van der Waals surface area contributed by atoms with Crippen molar-refractivity contribution in [1.82, 2.24) is 30.8 Å². The fraction of sp³-hybridized carbons (Fsp3) is 0.500. The minimum absolute atomic E-state index is 0.175. The zero-order chi connectivity index (χ0) is 16.8. The van der Waals surface area contributed by atoms with Crippen LogP contribution in [0.2, 0.25) is 0 Å². The Morgan fingerprint density at radius 1 is 1.25 bits per heavy atom. The number of carbonyl (C=O) groups excluding carboxylic acids is 1. The van der Waals surface area contributed by atoms with Crippen molar-refractivity contribution >= 4 is 6.03 Å². The van der Waals surface area contributed by atoms with Crippen LogP contribution in [0.5, 0.6) is 5.75 Å². The van der Waals surface area contributed by atoms with Gasteiger partial charge in [0.2, 0.25) is 0 Å². The molecule has 2 N–H and O–H groups in total. The maximum absolute atomic E-state index is 12.0. The largest absolute Gasteiger partial charge is 0.497 e. The van der Waals surface area contributed by atoms with Crippen LogP contribution >= 0.6 is 0 Å². The molecule has 0 atom stereocenters. The van der Waals surface area contributed by atoms with Crippen molar-refractivity contribution in [2.75, 3.05) is 7.11 Å². The molecule has 1 aliphatic carbocycles. The summed E-state index contributed by atoms with van der Waals surface area (Å²) in [6, 6.07) is 7.50. The van der Waals surface area contributed by atoms with Gasteiger partial charge in [-0.1, -0.05) is 19.3 Å². The lowest BCUT2D eigenvalue weighted by molar-refractivity contribution is 0.232. The van der Waals surface area contributed by atoms with Gasteiger partial charge in [-0.15, -0.1) is 5.10 Å². The number of hydrogen-bond donors (Lipinski definition) is 2. The molecule has 8 heteroatoms. The van der Waals surface area contributed by atoms with Gasteiger partial charge in [-0.3, -0.25) is 0 Å². The van der Waals surface area contributed by atoms with E-state index in [1.165, 1.54) is 19.3 Å². The predicted octanol–water partition coefficient (Wildman–Crippen LogP) is 1.80. The van der Waals surface area contributed by atoms with Crippen LogP contribution in [0.25, 0.3) is 5.69 Å². The number of urea groups is 1. The normalized spacial score (nSPS) is 15.0. The number of nitrogens with one attached hydrogen (secondary N) is 2. The molecule has 0 spiro atoms. The van der Waals surface area contributed by atoms with Gasteiger partial charge in [0, 0.05) is 6.04 Å². The highest BCUT2D eigenvalue weighted by atomic mass is 16.5. The molecule has 0 unspecified atom stereocenters. The second kappa shape index (κ2) is 7.76. The van der Waals surface area contributed by atoms with Crippen LogP contribution in [0, 0.1) is 0 Å². The summed E-state index contributed by atoms with van der Waals surface area (Å²) in [4.78, 5) is 12.0. The summed E-state index contributed by atoms with van der Waals surface area (Å²) in [6.07, 6.45) is 5.73. The summed E-state index contributed by atoms with van der Waals surface area (Å²) in [5.41, 5.74) is 0.810. The van der Waals surface area contributed by atoms with E-state index in [0.29, 0.717) is 5.82 Å². The topological polar surface area (TPSA) is 94.0 Å². The number of aromatic nitrogens is 4. The molecular formula is C16H22N6O2. The Labute approximate surface area is 140 Å². The fourth-order valence-electron chi connectivity index (χ4n) is 2.88. The summed E-state index contributed by atoms with van der Waals surface area (Å²) < 4.78 is 6.74. The first-order valence-electron chi connectivity index (χ1n) is 8.22. The summed E-state index contributed by atoms with van der Waals surface area (Å²) in [5.74, 6) is 1.33. The van der Waals surface area contributed by atoms with E-state index < -0.39 is 0 Å². The molecule has 2 amide bonds. The van der Waals surface area contributed by atoms with Gasteiger partial charge < -0.3 is 15.4 Å². The van der Waals surface area contributed by atoms with E-state index in [-0.39, 0.29) is 18.6 Å². The highest BCUT2D eigenvalue weighted by Crippen LogP contribution is 2.17. The lowest BCUT2D eigenvalue weighted by Gasteiger charge is -2.22. The first-order chi connectivity index (χ1) is 11.8. The molecule has 1 aromatic carbocycles. The van der Waals surface area contributed by atoms with Crippen molar-refractivity contribution in [3.8, 4) is 11.4 Å². The van der Waals surface area contributed by atoms with Crippen molar-refractivity contribution in [1.29, 1.82) is 0 Å². The van der Waals surface area contributed by atoms with Crippen LogP contribution in [0.1, 0.15) is 37.9 Å². The Hall–Kier alpha value is -2.64. The molecule has 24 heavy (non-hydrogen) atoms. The third-order valence-electron chi connectivity index (χ3n) is 4.20. The highest BCUT2D eigenvalue weighted by Gasteiger charge is 2.16. The molecule has 3 rings (SSSR count). The zero-order valence-electron chi connectivity index (χ0n) is 13.7. The molecule has 0 bridgehead atoms. The molecule has 0 radical (unpaired) electrons. The summed E-state index contributed by atoms with van der Waals surface area (Å²) in [7, 11) is 1.62. The standard InChI is InChI=1S/C16H22N6O2/c1-24-14-9-7-13(8-10-14)22-15(19-20-21-22)11-17-16(23)18-12-5-3-2-4-6-12/h7-10,12H,2-6,11H2,1H3,(H2,17,18,23). The number of rotatable bonds is 5. The molecule has 1 saturated carbocycles. The zero-order valence-corrected chi connectivity index (χ0v) is 13.7. The lowest BCUT2D eigenvalue weighted by Crippen LogP contribution is -2.42. The monoisotopic (exact) mass is 330 g/mol. The van der Waals surface area contributed by atoms with Gasteiger partial charge in [0.25, 0.3) is 0 Å². The Morgan fingerprint density at radius 2 is 2.00 bits per heavy atom. The van der Waals surface area contributed by atoms with E-state index in [2.05, 4.69) is 26.2 Å². The minimum Gasteiger partial charge on any atom is -0.497 e. The van der Waals surface area contributed by atoms with E-state index in [1.807, 2.05) is 24.3 Å². The minimum atomic E-state index is -0.175. The van der Waals surface area contributed by atoms with Gasteiger partial charge in [-0.2, -0.15) is 4.68 Å². The van der Waals surface area contributed by atoms with Gasteiger partial charge in [0.1, 0.15) is 5.75 Å². The van der Waals surface area contributed by atoms with Crippen LogP contribution in [-0.2, 0) is 6.54 Å². The van der Waals surface area contributed by atoms with Gasteiger partial charge in [0.05, 0.1) is 19.3 Å². The maximum Gasteiger partial charge on any atom is 0.315 e. The third-order valence-corrected chi connectivity index (χ3v) is 4.20. The van der Waals surface area contributed by atoms with Crippen LogP contribution in [-0.4, -0.2) is 39.4 Å². The van der Waals surface area contributed by atoms with Crippen molar-refractivity contribution in [3.05, 3.63) is 30.1 Å². The number of amides is 2. The Bertz CT molecular complexity index is 663. The van der Waals surface area contributed by atoms with E-state index in [0.717, 1.165) is 24.3 Å². The lowest BCUT2D eigenvalue weighted by atomic mass is 9.96. The molecule has 2 aromatic rings. The molecule has 1 aliphatic rings. The average Bonchev–Trinajstić information content (AvgIpc) is 3.09. The number of methoxy groups -OCH3 is 1. The SMILES string of the molecule is COc1ccc(-n2nnnc2CNC(=O)NC2CCCCC2)cc1. The van der Waals surface area contributed by atoms with E-state index in [1.54, 1.807) is 11.8 Å². The van der Waals surface area contributed by atoms with Gasteiger partial charge in [-0.05, 0) is 47.5 Å². The summed E-state index contributed by atoms with van der Waals surface area (Å²) in [6.45, 7) is 0.261. The van der Waals surface area contributed by atoms with Gasteiger partial charge in [0.15, 0.2) is 5.82 Å². The maximum atomic E-state index is 12.0. The Kier molecular flexibility index (Phi) is 5.25. The molecule has 0 saturated heterocycles. The van der Waals surface area contributed by atoms with Gasteiger partial charge in [-0.25, -0.2) is 4.79 Å². The second-order valence-electron chi connectivity index (χ2n) is 5.87. The van der Waals surface area contributed by atoms with Crippen molar-refractivity contribution < 1.29 is 9.53 Å². The Balaban J connectivity index is 1.57. The number of ether oxygens (including phenoxy) is 1. The number of benzene rings is 1. The van der Waals surface area contributed by atoms with E-state index in [4.69, 9.17) is 4.74 Å². The molecule has 1 heterocycles. The van der Waals surface area contributed by atoms with Crippen LogP contribution < -0.4 is 15.4 Å². The summed E-state index contributed by atoms with van der Waals surface area (Å²) >= 11 is 0. The quantitative estimate of drug-likeness (QED) is 0.872. The molecule has 128 valence electrons. The van der Waals surface area contributed by atoms with Crippen LogP contribution in [0.3, 0.4) is 0 Å². The van der Waals surface area contributed by atoms with Crippen LogP contribution in [0.4, 0.5) is 4.79 Å². The smallest absolute Gasteiger partial charge is 0.315 e. The second-order valence-corrected chi connectivity index (χ2v) is 5.87. The van der Waals surface area contributed by atoms with E-state index >= 15 is 0 Å². The molecule has 0 aliphatic heterocycles. The molecule has 1 aromatic heterocycles. The molecular weight excluding hydrogens is 308 g/mol. The van der Waals surface area contributed by atoms with Crippen molar-refractivity contribution in [3.63, 3.8) is 0 Å². The Morgan fingerprint density at radius 3 is 2.71 bits per heavy atom. The van der Waals surface area contributed by atoms with E-state index in [9.17, 15) is 4.79 Å². The van der Waals surface area contributed by atoms with Crippen molar-refractivity contribution in [2.24, 2.45) is 0 Å². The molecule has 8 nitrogen and oxygen atoms in total. The predicted molar refractivity (Wildman–Crippen MR) is 88.0 cm³/mol. The number of carbonyl (C=O) groups is 1. The first-order valence-corrected chi connectivity index (χ1v) is 8.22. The molecule has 1 fully saturated rings. The van der Waals surface area contributed by atoms with Gasteiger partial charge >= 0.3 is 6.03 Å². The number of hydrogen-bond acceptors (Lipinski definition) is 5. The fourth-order valence-corrected chi connectivity index (χ4v) is 2.88. The van der Waals surface area contributed by atoms with Crippen LogP contribution in [0.15, 0.2) is 24.3 Å². The number of tetrazole rings is 1. The van der Waals surface area contributed by atoms with Crippen molar-refractivity contribution in [2.45, 2.75) is 44.7 Å². The first kappa shape index (κ1) is 16.2. The number of nitrogens with zero attached hydrogens (tertiary/aromatic N) is 4. The highest BCUT2D eigenvalue weighted by molar-refractivity contribution is 5.74.